The van der Waals surface area contributed by atoms with Crippen LogP contribution in [0.5, 0.6) is 0 Å². The lowest BCUT2D eigenvalue weighted by molar-refractivity contribution is -0.141. The van der Waals surface area contributed by atoms with Crippen molar-refractivity contribution in [2.24, 2.45) is 5.92 Å². The van der Waals surface area contributed by atoms with Crippen LogP contribution >= 0.6 is 0 Å². The van der Waals surface area contributed by atoms with Gasteiger partial charge in [0.15, 0.2) is 0 Å². The molecule has 0 saturated carbocycles. The first-order valence-corrected chi connectivity index (χ1v) is 6.39. The number of aliphatic carboxylic acids is 1. The zero-order valence-corrected chi connectivity index (χ0v) is 10.4. The van der Waals surface area contributed by atoms with Gasteiger partial charge in [0.05, 0.1) is 5.92 Å². The maximum absolute atomic E-state index is 11.2. The SMILES string of the molecule is O=C(O)C1Cc2ccccc2N(CCCCO)C1. The first-order valence-electron chi connectivity index (χ1n) is 6.39. The molecule has 1 aromatic rings. The van der Waals surface area contributed by atoms with Gasteiger partial charge in [0.2, 0.25) is 0 Å². The minimum atomic E-state index is -0.725. The predicted molar refractivity (Wildman–Crippen MR) is 69.8 cm³/mol. The largest absolute Gasteiger partial charge is 0.481 e. The van der Waals surface area contributed by atoms with Crippen molar-refractivity contribution in [1.29, 1.82) is 0 Å². The number of rotatable bonds is 5. The summed E-state index contributed by atoms with van der Waals surface area (Å²) >= 11 is 0. The van der Waals surface area contributed by atoms with Crippen LogP contribution in [0, 0.1) is 5.92 Å². The van der Waals surface area contributed by atoms with Crippen molar-refractivity contribution in [2.45, 2.75) is 19.3 Å². The number of fused-ring (bicyclic) bond motifs is 1. The van der Waals surface area contributed by atoms with Crippen LogP contribution < -0.4 is 4.90 Å². The Bertz CT molecular complexity index is 419. The molecule has 0 aliphatic carbocycles. The molecule has 0 fully saturated rings. The number of hydrogen-bond acceptors (Lipinski definition) is 3. The summed E-state index contributed by atoms with van der Waals surface area (Å²) in [5.74, 6) is -1.05. The van der Waals surface area contributed by atoms with Crippen molar-refractivity contribution in [2.75, 3.05) is 24.6 Å². The second kappa shape index (κ2) is 5.87. The topological polar surface area (TPSA) is 60.8 Å². The van der Waals surface area contributed by atoms with Gasteiger partial charge in [0, 0.05) is 25.4 Å². The molecule has 2 rings (SSSR count). The molecule has 0 aromatic heterocycles. The minimum absolute atomic E-state index is 0.192. The third kappa shape index (κ3) is 2.82. The number of anilines is 1. The quantitative estimate of drug-likeness (QED) is 0.777. The van der Waals surface area contributed by atoms with E-state index >= 15 is 0 Å². The monoisotopic (exact) mass is 249 g/mol. The molecule has 4 nitrogen and oxygen atoms in total. The lowest BCUT2D eigenvalue weighted by atomic mass is 9.92. The normalized spacial score (nSPS) is 18.5. The van der Waals surface area contributed by atoms with Gasteiger partial charge in [-0.2, -0.15) is 0 Å². The molecule has 1 aromatic carbocycles. The number of aliphatic hydroxyl groups excluding tert-OH is 1. The molecular weight excluding hydrogens is 230 g/mol. The second-order valence-electron chi connectivity index (χ2n) is 4.74. The fourth-order valence-electron chi connectivity index (χ4n) is 2.48. The Morgan fingerprint density at radius 1 is 1.33 bits per heavy atom. The predicted octanol–water partition coefficient (Wildman–Crippen LogP) is 1.52. The Labute approximate surface area is 107 Å². The molecule has 0 spiro atoms. The fraction of sp³-hybridized carbons (Fsp3) is 0.500. The fourth-order valence-corrected chi connectivity index (χ4v) is 2.48. The third-order valence-electron chi connectivity index (χ3n) is 3.42. The summed E-state index contributed by atoms with van der Waals surface area (Å²) in [6.07, 6.45) is 2.26. The summed E-state index contributed by atoms with van der Waals surface area (Å²) in [4.78, 5) is 13.3. The van der Waals surface area contributed by atoms with Gasteiger partial charge in [-0.25, -0.2) is 0 Å². The maximum atomic E-state index is 11.2. The molecule has 4 heteroatoms. The van der Waals surface area contributed by atoms with Crippen molar-refractivity contribution in [3.63, 3.8) is 0 Å². The van der Waals surface area contributed by atoms with E-state index in [1.54, 1.807) is 0 Å². The van der Waals surface area contributed by atoms with Crippen molar-refractivity contribution in [3.05, 3.63) is 29.8 Å². The second-order valence-corrected chi connectivity index (χ2v) is 4.74. The van der Waals surface area contributed by atoms with E-state index in [0.717, 1.165) is 30.6 Å². The van der Waals surface area contributed by atoms with E-state index in [0.29, 0.717) is 13.0 Å². The number of para-hydroxylation sites is 1. The lowest BCUT2D eigenvalue weighted by Crippen LogP contribution is -2.39. The van der Waals surface area contributed by atoms with Gasteiger partial charge in [0.25, 0.3) is 0 Å². The number of carboxylic acid groups (broad SMARTS) is 1. The molecule has 1 unspecified atom stereocenters. The third-order valence-corrected chi connectivity index (χ3v) is 3.42. The molecule has 0 bridgehead atoms. The zero-order chi connectivity index (χ0) is 13.0. The van der Waals surface area contributed by atoms with Gasteiger partial charge in [-0.3, -0.25) is 4.79 Å². The van der Waals surface area contributed by atoms with E-state index in [2.05, 4.69) is 4.90 Å². The van der Waals surface area contributed by atoms with Crippen molar-refractivity contribution in [3.8, 4) is 0 Å². The Morgan fingerprint density at radius 3 is 2.83 bits per heavy atom. The maximum Gasteiger partial charge on any atom is 0.308 e. The summed E-state index contributed by atoms with van der Waals surface area (Å²) < 4.78 is 0. The molecule has 1 aliphatic rings. The van der Waals surface area contributed by atoms with E-state index in [-0.39, 0.29) is 12.5 Å². The average molecular weight is 249 g/mol. The minimum Gasteiger partial charge on any atom is -0.481 e. The molecule has 0 saturated heterocycles. The standard InChI is InChI=1S/C14H19NO3/c16-8-4-3-7-15-10-12(14(17)18)9-11-5-1-2-6-13(11)15/h1-2,5-6,12,16H,3-4,7-10H2,(H,17,18). The Morgan fingerprint density at radius 2 is 2.11 bits per heavy atom. The van der Waals surface area contributed by atoms with Crippen LogP contribution in [-0.4, -0.2) is 35.9 Å². The number of nitrogens with zero attached hydrogens (tertiary/aromatic N) is 1. The number of unbranched alkanes of at least 4 members (excludes halogenated alkanes) is 1. The summed E-state index contributed by atoms with van der Waals surface area (Å²) in [7, 11) is 0. The highest BCUT2D eigenvalue weighted by Crippen LogP contribution is 2.29. The number of hydrogen-bond donors (Lipinski definition) is 2. The summed E-state index contributed by atoms with van der Waals surface area (Å²) in [6, 6.07) is 7.99. The van der Waals surface area contributed by atoms with Gasteiger partial charge in [-0.1, -0.05) is 18.2 Å². The van der Waals surface area contributed by atoms with Crippen LogP contribution in [-0.2, 0) is 11.2 Å². The summed E-state index contributed by atoms with van der Waals surface area (Å²) in [5, 5.41) is 18.0. The lowest BCUT2D eigenvalue weighted by Gasteiger charge is -2.34. The Balaban J connectivity index is 2.14. The van der Waals surface area contributed by atoms with Crippen LogP contribution in [0.1, 0.15) is 18.4 Å². The van der Waals surface area contributed by atoms with E-state index in [4.69, 9.17) is 5.11 Å². The van der Waals surface area contributed by atoms with E-state index in [9.17, 15) is 9.90 Å². The highest BCUT2D eigenvalue weighted by Gasteiger charge is 2.28. The highest BCUT2D eigenvalue weighted by molar-refractivity contribution is 5.73. The van der Waals surface area contributed by atoms with Gasteiger partial charge in [-0.15, -0.1) is 0 Å². The molecule has 98 valence electrons. The van der Waals surface area contributed by atoms with Gasteiger partial charge in [0.1, 0.15) is 0 Å². The van der Waals surface area contributed by atoms with Gasteiger partial charge < -0.3 is 15.1 Å². The number of carboxylic acids is 1. The number of aliphatic hydroxyl groups is 1. The molecule has 18 heavy (non-hydrogen) atoms. The van der Waals surface area contributed by atoms with Crippen molar-refractivity contribution in [1.82, 2.24) is 0 Å². The Hall–Kier alpha value is -1.55. The number of carbonyl (C=O) groups is 1. The van der Waals surface area contributed by atoms with E-state index in [1.807, 2.05) is 24.3 Å². The first kappa shape index (κ1) is 12.9. The molecule has 0 radical (unpaired) electrons. The first-order chi connectivity index (χ1) is 8.72. The zero-order valence-electron chi connectivity index (χ0n) is 10.4. The number of benzene rings is 1. The smallest absolute Gasteiger partial charge is 0.308 e. The van der Waals surface area contributed by atoms with Crippen LogP contribution in [0.2, 0.25) is 0 Å². The Kier molecular flexibility index (Phi) is 4.20. The van der Waals surface area contributed by atoms with E-state index in [1.165, 1.54) is 0 Å². The molecule has 2 N–H and O–H groups in total. The molecular formula is C14H19NO3. The van der Waals surface area contributed by atoms with Crippen LogP contribution in [0.4, 0.5) is 5.69 Å². The summed E-state index contributed by atoms with van der Waals surface area (Å²) in [6.45, 7) is 1.57. The van der Waals surface area contributed by atoms with Gasteiger partial charge in [-0.05, 0) is 30.9 Å². The van der Waals surface area contributed by atoms with Crippen LogP contribution in [0.15, 0.2) is 24.3 Å². The molecule has 1 heterocycles. The van der Waals surface area contributed by atoms with Crippen LogP contribution in [0.3, 0.4) is 0 Å². The van der Waals surface area contributed by atoms with Crippen LogP contribution in [0.25, 0.3) is 0 Å². The molecule has 1 aliphatic heterocycles. The average Bonchev–Trinajstić information content (AvgIpc) is 2.38. The molecule has 1 atom stereocenters. The van der Waals surface area contributed by atoms with Gasteiger partial charge >= 0.3 is 5.97 Å². The highest BCUT2D eigenvalue weighted by atomic mass is 16.4. The summed E-state index contributed by atoms with van der Waals surface area (Å²) in [5.41, 5.74) is 2.26. The van der Waals surface area contributed by atoms with E-state index < -0.39 is 5.97 Å². The van der Waals surface area contributed by atoms with Crippen molar-refractivity contribution >= 4 is 11.7 Å². The van der Waals surface area contributed by atoms with Crippen molar-refractivity contribution < 1.29 is 15.0 Å². The molecule has 0 amide bonds.